The second kappa shape index (κ2) is 7.24. The minimum absolute atomic E-state index is 0.0581. The Morgan fingerprint density at radius 3 is 2.61 bits per heavy atom. The minimum Gasteiger partial charge on any atom is -0.492 e. The van der Waals surface area contributed by atoms with E-state index in [4.69, 9.17) is 22.1 Å². The molecule has 18 heavy (non-hydrogen) atoms. The SMILES string of the molecule is CC[C@@H](N)C(=O)N(C)CCOc1ccc(Cl)cc1. The Labute approximate surface area is 113 Å². The Balaban J connectivity index is 2.33. The van der Waals surface area contributed by atoms with Crippen LogP contribution in [0.3, 0.4) is 0 Å². The molecule has 0 aromatic heterocycles. The number of rotatable bonds is 6. The average Bonchev–Trinajstić information content (AvgIpc) is 2.39. The molecule has 1 amide bonds. The van der Waals surface area contributed by atoms with Crippen LogP contribution >= 0.6 is 11.6 Å². The summed E-state index contributed by atoms with van der Waals surface area (Å²) in [6.07, 6.45) is 0.640. The highest BCUT2D eigenvalue weighted by atomic mass is 35.5. The second-order valence-corrected chi connectivity index (χ2v) is 4.51. The first-order valence-electron chi connectivity index (χ1n) is 5.93. The third-order valence-corrected chi connectivity index (χ3v) is 2.89. The van der Waals surface area contributed by atoms with Crippen molar-refractivity contribution in [2.75, 3.05) is 20.2 Å². The monoisotopic (exact) mass is 270 g/mol. The van der Waals surface area contributed by atoms with Gasteiger partial charge in [-0.1, -0.05) is 18.5 Å². The predicted molar refractivity (Wildman–Crippen MR) is 72.9 cm³/mol. The van der Waals surface area contributed by atoms with Gasteiger partial charge in [0.2, 0.25) is 5.91 Å². The normalized spacial score (nSPS) is 12.0. The van der Waals surface area contributed by atoms with Crippen LogP contribution in [0.2, 0.25) is 5.02 Å². The van der Waals surface area contributed by atoms with Crippen LogP contribution < -0.4 is 10.5 Å². The van der Waals surface area contributed by atoms with E-state index in [1.807, 2.05) is 6.92 Å². The third kappa shape index (κ3) is 4.55. The number of hydrogen-bond donors (Lipinski definition) is 1. The number of halogens is 1. The molecule has 1 atom stereocenters. The molecule has 4 nitrogen and oxygen atoms in total. The number of carbonyl (C=O) groups is 1. The lowest BCUT2D eigenvalue weighted by Crippen LogP contribution is -2.42. The maximum absolute atomic E-state index is 11.7. The van der Waals surface area contributed by atoms with Gasteiger partial charge in [0, 0.05) is 12.1 Å². The number of amides is 1. The number of hydrogen-bond acceptors (Lipinski definition) is 3. The van der Waals surface area contributed by atoms with Gasteiger partial charge in [0.25, 0.3) is 0 Å². The summed E-state index contributed by atoms with van der Waals surface area (Å²) in [5.41, 5.74) is 5.67. The highest BCUT2D eigenvalue weighted by molar-refractivity contribution is 6.30. The van der Waals surface area contributed by atoms with Gasteiger partial charge in [0.1, 0.15) is 12.4 Å². The zero-order chi connectivity index (χ0) is 13.5. The molecule has 100 valence electrons. The van der Waals surface area contributed by atoms with Gasteiger partial charge in [-0.05, 0) is 30.7 Å². The van der Waals surface area contributed by atoms with Gasteiger partial charge in [-0.3, -0.25) is 4.79 Å². The van der Waals surface area contributed by atoms with Crippen molar-refractivity contribution < 1.29 is 9.53 Å². The van der Waals surface area contributed by atoms with Gasteiger partial charge in [-0.15, -0.1) is 0 Å². The second-order valence-electron chi connectivity index (χ2n) is 4.08. The summed E-state index contributed by atoms with van der Waals surface area (Å²) in [4.78, 5) is 13.3. The predicted octanol–water partition coefficient (Wildman–Crippen LogP) is 1.91. The molecule has 0 heterocycles. The third-order valence-electron chi connectivity index (χ3n) is 2.64. The van der Waals surface area contributed by atoms with E-state index in [0.29, 0.717) is 24.6 Å². The summed E-state index contributed by atoms with van der Waals surface area (Å²) in [5.74, 6) is 0.678. The molecule has 0 radical (unpaired) electrons. The molecule has 0 aliphatic rings. The van der Waals surface area contributed by atoms with Crippen LogP contribution in [0.15, 0.2) is 24.3 Å². The van der Waals surface area contributed by atoms with Crippen molar-refractivity contribution in [3.8, 4) is 5.75 Å². The number of carbonyl (C=O) groups excluding carboxylic acids is 1. The van der Waals surface area contributed by atoms with Crippen LogP contribution in [0.25, 0.3) is 0 Å². The van der Waals surface area contributed by atoms with Crippen molar-refractivity contribution in [3.05, 3.63) is 29.3 Å². The molecule has 0 fully saturated rings. The smallest absolute Gasteiger partial charge is 0.239 e. The summed E-state index contributed by atoms with van der Waals surface area (Å²) in [7, 11) is 1.73. The quantitative estimate of drug-likeness (QED) is 0.859. The molecule has 0 bridgehead atoms. The molecule has 0 spiro atoms. The van der Waals surface area contributed by atoms with Gasteiger partial charge in [0.15, 0.2) is 0 Å². The van der Waals surface area contributed by atoms with Crippen molar-refractivity contribution in [1.29, 1.82) is 0 Å². The van der Waals surface area contributed by atoms with E-state index >= 15 is 0 Å². The first-order valence-corrected chi connectivity index (χ1v) is 6.31. The van der Waals surface area contributed by atoms with Gasteiger partial charge < -0.3 is 15.4 Å². The number of likely N-dealkylation sites (N-methyl/N-ethyl adjacent to an activating group) is 1. The number of benzene rings is 1. The van der Waals surface area contributed by atoms with E-state index in [-0.39, 0.29) is 5.91 Å². The number of ether oxygens (including phenoxy) is 1. The van der Waals surface area contributed by atoms with Crippen LogP contribution in [0, 0.1) is 0 Å². The molecule has 0 aliphatic heterocycles. The first-order chi connectivity index (χ1) is 8.54. The molecule has 1 aromatic carbocycles. The molecular weight excluding hydrogens is 252 g/mol. The highest BCUT2D eigenvalue weighted by Crippen LogP contribution is 2.15. The summed E-state index contributed by atoms with van der Waals surface area (Å²) >= 11 is 5.77. The molecule has 0 saturated carbocycles. The maximum Gasteiger partial charge on any atom is 0.239 e. The van der Waals surface area contributed by atoms with Crippen molar-refractivity contribution >= 4 is 17.5 Å². The number of nitrogens with zero attached hydrogens (tertiary/aromatic N) is 1. The van der Waals surface area contributed by atoms with Crippen LogP contribution in [-0.2, 0) is 4.79 Å². The Morgan fingerprint density at radius 1 is 1.44 bits per heavy atom. The molecule has 1 rings (SSSR count). The van der Waals surface area contributed by atoms with Crippen molar-refractivity contribution in [1.82, 2.24) is 4.90 Å². The fraction of sp³-hybridized carbons (Fsp3) is 0.462. The van der Waals surface area contributed by atoms with E-state index in [1.165, 1.54) is 0 Å². The van der Waals surface area contributed by atoms with E-state index < -0.39 is 6.04 Å². The zero-order valence-corrected chi connectivity index (χ0v) is 11.5. The van der Waals surface area contributed by atoms with E-state index in [0.717, 1.165) is 5.75 Å². The highest BCUT2D eigenvalue weighted by Gasteiger charge is 2.15. The average molecular weight is 271 g/mol. The fourth-order valence-corrected chi connectivity index (χ4v) is 1.53. The Bertz CT molecular complexity index is 381. The Kier molecular flexibility index (Phi) is 5.95. The van der Waals surface area contributed by atoms with Crippen LogP contribution in [-0.4, -0.2) is 37.0 Å². The Hall–Kier alpha value is -1.26. The Morgan fingerprint density at radius 2 is 2.06 bits per heavy atom. The lowest BCUT2D eigenvalue weighted by atomic mass is 10.2. The summed E-state index contributed by atoms with van der Waals surface area (Å²) in [6, 6.07) is 6.69. The zero-order valence-electron chi connectivity index (χ0n) is 10.7. The molecule has 2 N–H and O–H groups in total. The van der Waals surface area contributed by atoms with Crippen LogP contribution in [0.1, 0.15) is 13.3 Å². The number of nitrogens with two attached hydrogens (primary N) is 1. The molecule has 0 aliphatic carbocycles. The first kappa shape index (κ1) is 14.8. The van der Waals surface area contributed by atoms with Crippen molar-refractivity contribution in [3.63, 3.8) is 0 Å². The summed E-state index contributed by atoms with van der Waals surface area (Å²) in [5, 5.41) is 0.670. The molecule has 0 unspecified atom stereocenters. The largest absolute Gasteiger partial charge is 0.492 e. The standard InChI is InChI=1S/C13H19ClN2O2/c1-3-12(15)13(17)16(2)8-9-18-11-6-4-10(14)5-7-11/h4-7,12H,3,8-9,15H2,1-2H3/t12-/m1/s1. The van der Waals surface area contributed by atoms with Crippen molar-refractivity contribution in [2.24, 2.45) is 5.73 Å². The van der Waals surface area contributed by atoms with Crippen molar-refractivity contribution in [2.45, 2.75) is 19.4 Å². The molecule has 0 saturated heterocycles. The lowest BCUT2D eigenvalue weighted by molar-refractivity contribution is -0.131. The van der Waals surface area contributed by atoms with E-state index in [1.54, 1.807) is 36.2 Å². The molecule has 5 heteroatoms. The van der Waals surface area contributed by atoms with E-state index in [9.17, 15) is 4.79 Å². The van der Waals surface area contributed by atoms with Gasteiger partial charge in [0.05, 0.1) is 12.6 Å². The van der Waals surface area contributed by atoms with Crippen LogP contribution in [0.4, 0.5) is 0 Å². The minimum atomic E-state index is -0.425. The molecule has 1 aromatic rings. The topological polar surface area (TPSA) is 55.6 Å². The summed E-state index contributed by atoms with van der Waals surface area (Å²) in [6.45, 7) is 2.83. The van der Waals surface area contributed by atoms with Crippen LogP contribution in [0.5, 0.6) is 5.75 Å². The van der Waals surface area contributed by atoms with Gasteiger partial charge in [-0.2, -0.15) is 0 Å². The molecular formula is C13H19ClN2O2. The van der Waals surface area contributed by atoms with Gasteiger partial charge in [-0.25, -0.2) is 0 Å². The van der Waals surface area contributed by atoms with Gasteiger partial charge >= 0.3 is 0 Å². The fourth-order valence-electron chi connectivity index (χ4n) is 1.40. The van der Waals surface area contributed by atoms with E-state index in [2.05, 4.69) is 0 Å². The maximum atomic E-state index is 11.7. The lowest BCUT2D eigenvalue weighted by Gasteiger charge is -2.20. The summed E-state index contributed by atoms with van der Waals surface area (Å²) < 4.78 is 5.50.